The summed E-state index contributed by atoms with van der Waals surface area (Å²) in [6.07, 6.45) is 2.59. The van der Waals surface area contributed by atoms with Gasteiger partial charge in [0.05, 0.1) is 0 Å². The van der Waals surface area contributed by atoms with Crippen LogP contribution < -0.4 is 5.32 Å². The van der Waals surface area contributed by atoms with E-state index in [-0.39, 0.29) is 5.91 Å². The molecule has 0 aromatic heterocycles. The molecule has 1 aliphatic carbocycles. The Hall–Kier alpha value is -0.870. The number of amides is 1. The van der Waals surface area contributed by atoms with Gasteiger partial charge in [0.25, 0.3) is 5.91 Å². The van der Waals surface area contributed by atoms with Crippen molar-refractivity contribution < 1.29 is 4.79 Å². The maximum atomic E-state index is 11.9. The van der Waals surface area contributed by atoms with Crippen molar-refractivity contribution in [3.63, 3.8) is 0 Å². The van der Waals surface area contributed by atoms with Gasteiger partial charge in [0.2, 0.25) is 0 Å². The normalized spacial score (nSPS) is 16.7. The van der Waals surface area contributed by atoms with Crippen LogP contribution in [0.4, 0.5) is 0 Å². The highest BCUT2D eigenvalue weighted by Gasteiger charge is 2.29. The molecule has 4 heteroatoms. The monoisotopic (exact) mass is 310 g/mol. The summed E-state index contributed by atoms with van der Waals surface area (Å²) in [7, 11) is 2.13. The van der Waals surface area contributed by atoms with E-state index < -0.39 is 0 Å². The molecule has 1 saturated carbocycles. The van der Waals surface area contributed by atoms with Gasteiger partial charge >= 0.3 is 0 Å². The lowest BCUT2D eigenvalue weighted by molar-refractivity contribution is 0.0939. The highest BCUT2D eigenvalue weighted by Crippen LogP contribution is 2.26. The molecule has 2 rings (SSSR count). The van der Waals surface area contributed by atoms with E-state index in [1.807, 2.05) is 24.3 Å². The molecule has 1 fully saturated rings. The molecule has 1 aromatic rings. The van der Waals surface area contributed by atoms with Gasteiger partial charge in [-0.3, -0.25) is 9.69 Å². The first-order chi connectivity index (χ1) is 8.58. The highest BCUT2D eigenvalue weighted by molar-refractivity contribution is 9.10. The molecule has 3 nitrogen and oxygen atoms in total. The van der Waals surface area contributed by atoms with E-state index in [4.69, 9.17) is 0 Å². The van der Waals surface area contributed by atoms with Gasteiger partial charge in [-0.1, -0.05) is 15.9 Å². The summed E-state index contributed by atoms with van der Waals surface area (Å²) in [5, 5.41) is 2.99. The molecular formula is C14H19BrN2O. The fourth-order valence-electron chi connectivity index (χ4n) is 1.93. The SMILES string of the molecule is CC(CNC(=O)c1ccc(Br)cc1)N(C)C1CC1. The smallest absolute Gasteiger partial charge is 0.251 e. The topological polar surface area (TPSA) is 32.3 Å². The van der Waals surface area contributed by atoms with Gasteiger partial charge in [-0.05, 0) is 51.1 Å². The molecule has 0 bridgehead atoms. The zero-order chi connectivity index (χ0) is 13.1. The van der Waals surface area contributed by atoms with Gasteiger partial charge < -0.3 is 5.32 Å². The average Bonchev–Trinajstić information content (AvgIpc) is 3.19. The molecule has 1 amide bonds. The first-order valence-electron chi connectivity index (χ1n) is 6.33. The average molecular weight is 311 g/mol. The number of hydrogen-bond donors (Lipinski definition) is 1. The van der Waals surface area contributed by atoms with Crippen molar-refractivity contribution in [1.82, 2.24) is 10.2 Å². The number of nitrogens with zero attached hydrogens (tertiary/aromatic N) is 1. The van der Waals surface area contributed by atoms with Crippen LogP contribution in [-0.2, 0) is 0 Å². The van der Waals surface area contributed by atoms with Gasteiger partial charge in [-0.2, -0.15) is 0 Å². The standard InChI is InChI=1S/C14H19BrN2O/c1-10(17(2)13-7-8-13)9-16-14(18)11-3-5-12(15)6-4-11/h3-6,10,13H,7-9H2,1-2H3,(H,16,18). The van der Waals surface area contributed by atoms with Crippen molar-refractivity contribution in [3.8, 4) is 0 Å². The third-order valence-corrected chi connectivity index (χ3v) is 4.01. The van der Waals surface area contributed by atoms with E-state index in [0.717, 1.165) is 10.5 Å². The molecule has 0 aliphatic heterocycles. The molecule has 0 heterocycles. The molecule has 1 aliphatic rings. The number of rotatable bonds is 5. The second-order valence-electron chi connectivity index (χ2n) is 4.96. The third-order valence-electron chi connectivity index (χ3n) is 3.48. The number of hydrogen-bond acceptors (Lipinski definition) is 2. The van der Waals surface area contributed by atoms with Crippen LogP contribution in [0.2, 0.25) is 0 Å². The molecule has 0 saturated heterocycles. The summed E-state index contributed by atoms with van der Waals surface area (Å²) in [4.78, 5) is 14.3. The zero-order valence-corrected chi connectivity index (χ0v) is 12.4. The minimum absolute atomic E-state index is 0.00135. The van der Waals surface area contributed by atoms with Gasteiger partial charge in [-0.25, -0.2) is 0 Å². The molecule has 18 heavy (non-hydrogen) atoms. The van der Waals surface area contributed by atoms with Crippen LogP contribution in [-0.4, -0.2) is 36.5 Å². The zero-order valence-electron chi connectivity index (χ0n) is 10.8. The van der Waals surface area contributed by atoms with Crippen molar-refractivity contribution in [2.75, 3.05) is 13.6 Å². The lowest BCUT2D eigenvalue weighted by Crippen LogP contribution is -2.41. The summed E-state index contributed by atoms with van der Waals surface area (Å²) in [5.41, 5.74) is 0.708. The van der Waals surface area contributed by atoms with Crippen LogP contribution in [0.25, 0.3) is 0 Å². The maximum absolute atomic E-state index is 11.9. The Bertz CT molecular complexity index is 414. The van der Waals surface area contributed by atoms with Gasteiger partial charge in [0.15, 0.2) is 0 Å². The number of halogens is 1. The van der Waals surface area contributed by atoms with Crippen molar-refractivity contribution in [1.29, 1.82) is 0 Å². The molecule has 1 N–H and O–H groups in total. The molecule has 98 valence electrons. The predicted molar refractivity (Wildman–Crippen MR) is 76.7 cm³/mol. The number of likely N-dealkylation sites (N-methyl/N-ethyl adjacent to an activating group) is 1. The summed E-state index contributed by atoms with van der Waals surface area (Å²) in [5.74, 6) is -0.00135. The molecule has 1 aromatic carbocycles. The van der Waals surface area contributed by atoms with Gasteiger partial charge in [0, 0.05) is 28.7 Å². The number of benzene rings is 1. The molecule has 0 spiro atoms. The van der Waals surface area contributed by atoms with Crippen LogP contribution in [0.5, 0.6) is 0 Å². The number of carbonyl (C=O) groups is 1. The molecule has 1 unspecified atom stereocenters. The Morgan fingerprint density at radius 3 is 2.61 bits per heavy atom. The lowest BCUT2D eigenvalue weighted by Gasteiger charge is -2.24. The van der Waals surface area contributed by atoms with Crippen LogP contribution >= 0.6 is 15.9 Å². The van der Waals surface area contributed by atoms with E-state index in [1.165, 1.54) is 12.8 Å². The Morgan fingerprint density at radius 1 is 1.44 bits per heavy atom. The van der Waals surface area contributed by atoms with Crippen molar-refractivity contribution >= 4 is 21.8 Å². The van der Waals surface area contributed by atoms with Crippen LogP contribution in [0.15, 0.2) is 28.7 Å². The van der Waals surface area contributed by atoms with Gasteiger partial charge in [-0.15, -0.1) is 0 Å². The predicted octanol–water partition coefficient (Wildman–Crippen LogP) is 2.66. The molecule has 0 radical (unpaired) electrons. The van der Waals surface area contributed by atoms with E-state index in [0.29, 0.717) is 18.2 Å². The highest BCUT2D eigenvalue weighted by atomic mass is 79.9. The summed E-state index contributed by atoms with van der Waals surface area (Å²) in [6, 6.07) is 8.54. The fraction of sp³-hybridized carbons (Fsp3) is 0.500. The van der Waals surface area contributed by atoms with Crippen LogP contribution in [0, 0.1) is 0 Å². The maximum Gasteiger partial charge on any atom is 0.251 e. The van der Waals surface area contributed by atoms with Crippen molar-refractivity contribution in [3.05, 3.63) is 34.3 Å². The lowest BCUT2D eigenvalue weighted by atomic mass is 10.2. The molecular weight excluding hydrogens is 292 g/mol. The first-order valence-corrected chi connectivity index (χ1v) is 7.13. The Labute approximate surface area is 117 Å². The second kappa shape index (κ2) is 5.85. The quantitative estimate of drug-likeness (QED) is 0.907. The summed E-state index contributed by atoms with van der Waals surface area (Å²) < 4.78 is 0.987. The third kappa shape index (κ3) is 3.56. The minimum atomic E-state index is -0.00135. The van der Waals surface area contributed by atoms with Crippen LogP contribution in [0.1, 0.15) is 30.1 Å². The Kier molecular flexibility index (Phi) is 4.40. The first kappa shape index (κ1) is 13.6. The largest absolute Gasteiger partial charge is 0.350 e. The van der Waals surface area contributed by atoms with Crippen molar-refractivity contribution in [2.24, 2.45) is 0 Å². The second-order valence-corrected chi connectivity index (χ2v) is 5.88. The Balaban J connectivity index is 1.82. The van der Waals surface area contributed by atoms with Crippen LogP contribution in [0.3, 0.4) is 0 Å². The fourth-order valence-corrected chi connectivity index (χ4v) is 2.19. The van der Waals surface area contributed by atoms with E-state index in [1.54, 1.807) is 0 Å². The minimum Gasteiger partial charge on any atom is -0.350 e. The van der Waals surface area contributed by atoms with E-state index in [2.05, 4.69) is 40.1 Å². The van der Waals surface area contributed by atoms with E-state index in [9.17, 15) is 4.79 Å². The summed E-state index contributed by atoms with van der Waals surface area (Å²) in [6.45, 7) is 2.85. The van der Waals surface area contributed by atoms with Gasteiger partial charge in [0.1, 0.15) is 0 Å². The summed E-state index contributed by atoms with van der Waals surface area (Å²) >= 11 is 3.36. The number of nitrogens with one attached hydrogen (secondary N) is 1. The van der Waals surface area contributed by atoms with E-state index >= 15 is 0 Å². The molecule has 1 atom stereocenters. The number of carbonyl (C=O) groups excluding carboxylic acids is 1. The van der Waals surface area contributed by atoms with Crippen molar-refractivity contribution in [2.45, 2.75) is 31.8 Å². The Morgan fingerprint density at radius 2 is 2.06 bits per heavy atom.